The van der Waals surface area contributed by atoms with E-state index in [9.17, 15) is 22.9 Å². The molecule has 128 valence electrons. The van der Waals surface area contributed by atoms with E-state index < -0.39 is 36.7 Å². The summed E-state index contributed by atoms with van der Waals surface area (Å²) in [6.45, 7) is 1.21. The number of carbonyl (C=O) groups excluding carboxylic acids is 2. The molecule has 0 bridgehead atoms. The van der Waals surface area contributed by atoms with Gasteiger partial charge >= 0.3 is 19.2 Å². The molecule has 1 aromatic carbocycles. The van der Waals surface area contributed by atoms with Gasteiger partial charge in [-0.25, -0.2) is 4.79 Å². The quantitative estimate of drug-likeness (QED) is 0.523. The number of benzene rings is 1. The SMILES string of the molecule is COC(=O)[C@H](Cc1ccc(C(F)(F)P(=O)(O)O)cc1)NC(C)=O. The largest absolute Gasteiger partial charge is 0.467 e. The Morgan fingerprint density at radius 1 is 1.30 bits per heavy atom. The molecule has 0 aliphatic rings. The van der Waals surface area contributed by atoms with Crippen molar-refractivity contribution in [2.75, 3.05) is 7.11 Å². The second kappa shape index (κ2) is 7.16. The molecule has 0 saturated heterocycles. The summed E-state index contributed by atoms with van der Waals surface area (Å²) in [5.74, 6) is -1.17. The molecule has 7 nitrogen and oxygen atoms in total. The van der Waals surface area contributed by atoms with Crippen molar-refractivity contribution in [3.05, 3.63) is 35.4 Å². The van der Waals surface area contributed by atoms with Gasteiger partial charge in [-0.15, -0.1) is 0 Å². The van der Waals surface area contributed by atoms with Gasteiger partial charge in [0.1, 0.15) is 6.04 Å². The molecule has 0 spiro atoms. The topological polar surface area (TPSA) is 113 Å². The maximum Gasteiger partial charge on any atom is 0.399 e. The first-order valence-corrected chi connectivity index (χ1v) is 7.98. The number of rotatable bonds is 6. The van der Waals surface area contributed by atoms with Crippen molar-refractivity contribution in [3.8, 4) is 0 Å². The molecule has 0 aliphatic heterocycles. The molecule has 3 N–H and O–H groups in total. The molecule has 0 aromatic heterocycles. The van der Waals surface area contributed by atoms with Gasteiger partial charge in [0.25, 0.3) is 0 Å². The molecule has 1 rings (SSSR count). The molecule has 0 radical (unpaired) electrons. The van der Waals surface area contributed by atoms with Crippen molar-refractivity contribution in [1.82, 2.24) is 5.32 Å². The highest BCUT2D eigenvalue weighted by atomic mass is 31.2. The van der Waals surface area contributed by atoms with E-state index in [0.29, 0.717) is 5.56 Å². The van der Waals surface area contributed by atoms with Crippen LogP contribution in [-0.2, 0) is 31.0 Å². The Hall–Kier alpha value is -1.83. The lowest BCUT2D eigenvalue weighted by Crippen LogP contribution is -2.41. The van der Waals surface area contributed by atoms with Crippen LogP contribution >= 0.6 is 7.60 Å². The number of hydrogen-bond acceptors (Lipinski definition) is 4. The first kappa shape index (κ1) is 19.2. The zero-order valence-corrected chi connectivity index (χ0v) is 13.2. The molecule has 1 atom stereocenters. The van der Waals surface area contributed by atoms with Gasteiger partial charge in [-0.1, -0.05) is 24.3 Å². The van der Waals surface area contributed by atoms with Gasteiger partial charge in [0.05, 0.1) is 7.11 Å². The van der Waals surface area contributed by atoms with Gasteiger partial charge in [0.15, 0.2) is 0 Å². The number of carbonyl (C=O) groups is 2. The number of ether oxygens (including phenoxy) is 1. The summed E-state index contributed by atoms with van der Waals surface area (Å²) < 4.78 is 42.4. The van der Waals surface area contributed by atoms with Crippen LogP contribution in [0.25, 0.3) is 0 Å². The molecule has 1 amide bonds. The summed E-state index contributed by atoms with van der Waals surface area (Å²) in [4.78, 5) is 39.9. The summed E-state index contributed by atoms with van der Waals surface area (Å²) >= 11 is 0. The van der Waals surface area contributed by atoms with Gasteiger partial charge in [0.2, 0.25) is 5.91 Å². The fourth-order valence-electron chi connectivity index (χ4n) is 1.83. The lowest BCUT2D eigenvalue weighted by molar-refractivity contribution is -0.144. The molecule has 23 heavy (non-hydrogen) atoms. The summed E-state index contributed by atoms with van der Waals surface area (Å²) in [5, 5.41) is 2.36. The van der Waals surface area contributed by atoms with E-state index >= 15 is 0 Å². The van der Waals surface area contributed by atoms with E-state index in [-0.39, 0.29) is 6.42 Å². The lowest BCUT2D eigenvalue weighted by Gasteiger charge is -2.19. The Balaban J connectivity index is 2.97. The molecule has 0 unspecified atom stereocenters. The highest BCUT2D eigenvalue weighted by molar-refractivity contribution is 7.52. The fourth-order valence-corrected chi connectivity index (χ4v) is 2.31. The maximum atomic E-state index is 13.5. The molecular formula is C13H16F2NO6P. The third-order valence-corrected chi connectivity index (χ3v) is 3.96. The molecule has 0 saturated carbocycles. The zero-order valence-electron chi connectivity index (χ0n) is 12.3. The molecule has 0 aliphatic carbocycles. The Labute approximate surface area is 130 Å². The third kappa shape index (κ3) is 4.82. The van der Waals surface area contributed by atoms with Crippen LogP contribution in [0.1, 0.15) is 18.1 Å². The van der Waals surface area contributed by atoms with E-state index in [1.54, 1.807) is 0 Å². The van der Waals surface area contributed by atoms with Gasteiger partial charge in [-0.3, -0.25) is 9.36 Å². The van der Waals surface area contributed by atoms with Gasteiger partial charge in [-0.05, 0) is 5.56 Å². The Kier molecular flexibility index (Phi) is 5.98. The average Bonchev–Trinajstić information content (AvgIpc) is 2.44. The number of amides is 1. The minimum absolute atomic E-state index is 0.0198. The van der Waals surface area contributed by atoms with Crippen molar-refractivity contribution in [2.24, 2.45) is 0 Å². The van der Waals surface area contributed by atoms with E-state index in [1.807, 2.05) is 0 Å². The molecular weight excluding hydrogens is 335 g/mol. The van der Waals surface area contributed by atoms with Gasteiger partial charge < -0.3 is 19.8 Å². The first-order chi connectivity index (χ1) is 10.5. The minimum atomic E-state index is -5.64. The van der Waals surface area contributed by atoms with Crippen LogP contribution < -0.4 is 5.32 Å². The van der Waals surface area contributed by atoms with Crippen LogP contribution in [0.4, 0.5) is 8.78 Å². The number of hydrogen-bond donors (Lipinski definition) is 3. The summed E-state index contributed by atoms with van der Waals surface area (Å²) in [6.07, 6.45) is -0.0198. The highest BCUT2D eigenvalue weighted by Gasteiger charge is 2.50. The summed E-state index contributed by atoms with van der Waals surface area (Å²) in [6, 6.07) is 3.10. The number of esters is 1. The van der Waals surface area contributed by atoms with Crippen molar-refractivity contribution in [1.29, 1.82) is 0 Å². The van der Waals surface area contributed by atoms with Crippen LogP contribution in [0.5, 0.6) is 0 Å². The van der Waals surface area contributed by atoms with Crippen LogP contribution in [-0.4, -0.2) is 34.8 Å². The van der Waals surface area contributed by atoms with Crippen molar-refractivity contribution in [2.45, 2.75) is 25.1 Å². The van der Waals surface area contributed by atoms with Crippen LogP contribution in [0.15, 0.2) is 24.3 Å². The second-order valence-electron chi connectivity index (χ2n) is 4.76. The van der Waals surface area contributed by atoms with Crippen molar-refractivity contribution < 1.29 is 37.5 Å². The van der Waals surface area contributed by atoms with Crippen molar-refractivity contribution >= 4 is 19.5 Å². The lowest BCUT2D eigenvalue weighted by atomic mass is 10.0. The summed E-state index contributed by atoms with van der Waals surface area (Å²) in [7, 11) is -4.50. The molecule has 10 heteroatoms. The summed E-state index contributed by atoms with van der Waals surface area (Å²) in [5.41, 5.74) is -4.74. The monoisotopic (exact) mass is 351 g/mol. The van der Waals surface area contributed by atoms with E-state index in [4.69, 9.17) is 9.79 Å². The zero-order chi connectivity index (χ0) is 17.8. The first-order valence-electron chi connectivity index (χ1n) is 6.37. The fraction of sp³-hybridized carbons (Fsp3) is 0.385. The number of methoxy groups -OCH3 is 1. The van der Waals surface area contributed by atoms with Gasteiger partial charge in [0, 0.05) is 18.9 Å². The predicted octanol–water partition coefficient (Wildman–Crippen LogP) is 1.13. The Bertz CT molecular complexity index is 628. The van der Waals surface area contributed by atoms with Crippen molar-refractivity contribution in [3.63, 3.8) is 0 Å². The Morgan fingerprint density at radius 3 is 2.22 bits per heavy atom. The van der Waals surface area contributed by atoms with E-state index in [1.165, 1.54) is 19.1 Å². The normalized spacial score (nSPS) is 13.3. The molecule has 0 fully saturated rings. The van der Waals surface area contributed by atoms with Gasteiger partial charge in [-0.2, -0.15) is 8.78 Å². The third-order valence-electron chi connectivity index (χ3n) is 2.97. The van der Waals surface area contributed by atoms with Crippen LogP contribution in [0.2, 0.25) is 0 Å². The minimum Gasteiger partial charge on any atom is -0.467 e. The number of halogens is 2. The molecule has 1 aromatic rings. The highest BCUT2D eigenvalue weighted by Crippen LogP contribution is 2.59. The standard InChI is InChI=1S/C13H16F2NO6P/c1-8(17)16-11(12(18)22-2)7-9-3-5-10(6-4-9)13(14,15)23(19,20)21/h3-6,11H,7H2,1-2H3,(H,16,17)(H2,19,20,21)/t11-/m0/s1. The molecule has 0 heterocycles. The average molecular weight is 351 g/mol. The predicted molar refractivity (Wildman–Crippen MR) is 75.7 cm³/mol. The van der Waals surface area contributed by atoms with E-state index in [0.717, 1.165) is 19.2 Å². The number of alkyl halides is 2. The Morgan fingerprint density at radius 2 is 1.83 bits per heavy atom. The van der Waals surface area contributed by atoms with Crippen LogP contribution in [0, 0.1) is 0 Å². The smallest absolute Gasteiger partial charge is 0.399 e. The van der Waals surface area contributed by atoms with E-state index in [2.05, 4.69) is 10.1 Å². The second-order valence-corrected chi connectivity index (χ2v) is 6.41. The maximum absolute atomic E-state index is 13.5. The number of nitrogens with one attached hydrogen (secondary N) is 1. The van der Waals surface area contributed by atoms with Crippen LogP contribution in [0.3, 0.4) is 0 Å².